The summed E-state index contributed by atoms with van der Waals surface area (Å²) in [5.41, 5.74) is -0.0677. The average Bonchev–Trinajstić information content (AvgIpc) is 2.50. The number of carbonyl (C=O) groups excluding carboxylic acids is 1. The number of hydrogen-bond donors (Lipinski definition) is 1. The van der Waals surface area contributed by atoms with E-state index in [2.05, 4.69) is 0 Å². The Bertz CT molecular complexity index is 311. The van der Waals surface area contributed by atoms with Crippen LogP contribution in [0.2, 0.25) is 0 Å². The molecule has 0 saturated carbocycles. The number of Topliss-reactive ketones (excluding diaryl/α,β-unsaturated/α-hetero) is 1. The quantitative estimate of drug-likeness (QED) is 0.695. The van der Waals surface area contributed by atoms with Gasteiger partial charge in [0, 0.05) is 6.42 Å². The van der Waals surface area contributed by atoms with Crippen LogP contribution >= 0.6 is 0 Å². The lowest BCUT2D eigenvalue weighted by molar-refractivity contribution is 0.0689. The van der Waals surface area contributed by atoms with Gasteiger partial charge in [0.25, 0.3) is 0 Å². The van der Waals surface area contributed by atoms with Crippen LogP contribution in [0.1, 0.15) is 34.3 Å². The molecule has 0 radical (unpaired) electrons. The normalized spacial score (nSPS) is 9.75. The summed E-state index contributed by atoms with van der Waals surface area (Å²) >= 11 is 0. The molecule has 0 amide bonds. The Morgan fingerprint density at radius 1 is 1.58 bits per heavy atom. The fourth-order valence-corrected chi connectivity index (χ4v) is 0.854. The fraction of sp³-hybridized carbons (Fsp3) is 0.250. The van der Waals surface area contributed by atoms with Gasteiger partial charge in [-0.25, -0.2) is 4.79 Å². The monoisotopic (exact) mass is 168 g/mol. The second kappa shape index (κ2) is 3.21. The summed E-state index contributed by atoms with van der Waals surface area (Å²) in [5, 5.41) is 8.59. The van der Waals surface area contributed by atoms with Gasteiger partial charge in [-0.15, -0.1) is 0 Å². The van der Waals surface area contributed by atoms with Gasteiger partial charge in [-0.1, -0.05) is 6.92 Å². The van der Waals surface area contributed by atoms with E-state index in [1.54, 1.807) is 6.92 Å². The fourth-order valence-electron chi connectivity index (χ4n) is 0.854. The number of hydrogen-bond acceptors (Lipinski definition) is 3. The number of ketones is 1. The molecule has 4 nitrogen and oxygen atoms in total. The van der Waals surface area contributed by atoms with Gasteiger partial charge in [0.2, 0.25) is 0 Å². The van der Waals surface area contributed by atoms with Crippen molar-refractivity contribution in [3.05, 3.63) is 23.7 Å². The zero-order chi connectivity index (χ0) is 9.14. The van der Waals surface area contributed by atoms with Crippen molar-refractivity contribution >= 4 is 11.8 Å². The van der Waals surface area contributed by atoms with Crippen molar-refractivity contribution in [1.29, 1.82) is 0 Å². The minimum atomic E-state index is -1.14. The van der Waals surface area contributed by atoms with Crippen LogP contribution in [-0.4, -0.2) is 16.9 Å². The van der Waals surface area contributed by atoms with Gasteiger partial charge in [0.15, 0.2) is 11.5 Å². The van der Waals surface area contributed by atoms with Crippen molar-refractivity contribution in [3.63, 3.8) is 0 Å². The van der Waals surface area contributed by atoms with Crippen LogP contribution in [-0.2, 0) is 0 Å². The lowest BCUT2D eigenvalue weighted by atomic mass is 10.1. The molecule has 0 atom stereocenters. The Morgan fingerprint density at radius 2 is 2.25 bits per heavy atom. The number of furan rings is 1. The summed E-state index contributed by atoms with van der Waals surface area (Å²) < 4.78 is 4.75. The second-order valence-electron chi connectivity index (χ2n) is 2.25. The molecule has 0 aliphatic carbocycles. The Labute approximate surface area is 68.8 Å². The largest absolute Gasteiger partial charge is 0.478 e. The molecule has 1 rings (SSSR count). The summed E-state index contributed by atoms with van der Waals surface area (Å²) in [4.78, 5) is 21.5. The molecule has 0 bridgehead atoms. The number of carbonyl (C=O) groups is 2. The predicted octanol–water partition coefficient (Wildman–Crippen LogP) is 1.57. The number of aromatic carboxylic acids is 1. The molecule has 0 fully saturated rings. The molecule has 64 valence electrons. The third kappa shape index (κ3) is 1.37. The van der Waals surface area contributed by atoms with Gasteiger partial charge in [0.1, 0.15) is 5.56 Å². The van der Waals surface area contributed by atoms with Gasteiger partial charge in [-0.3, -0.25) is 4.79 Å². The van der Waals surface area contributed by atoms with Gasteiger partial charge in [0.05, 0.1) is 6.26 Å². The summed E-state index contributed by atoms with van der Waals surface area (Å²) in [6.07, 6.45) is 1.44. The van der Waals surface area contributed by atoms with E-state index in [1.807, 2.05) is 0 Å². The van der Waals surface area contributed by atoms with Gasteiger partial charge >= 0.3 is 5.97 Å². The zero-order valence-electron chi connectivity index (χ0n) is 6.53. The van der Waals surface area contributed by atoms with E-state index >= 15 is 0 Å². The molecular formula is C8H8O4. The maximum Gasteiger partial charge on any atom is 0.339 e. The second-order valence-corrected chi connectivity index (χ2v) is 2.25. The Hall–Kier alpha value is -1.58. The van der Waals surface area contributed by atoms with Crippen LogP contribution in [0.5, 0.6) is 0 Å². The molecule has 12 heavy (non-hydrogen) atoms. The summed E-state index contributed by atoms with van der Waals surface area (Å²) in [6.45, 7) is 1.65. The number of carboxylic acids is 1. The third-order valence-corrected chi connectivity index (χ3v) is 1.47. The van der Waals surface area contributed by atoms with Crippen molar-refractivity contribution in [2.45, 2.75) is 13.3 Å². The highest BCUT2D eigenvalue weighted by Gasteiger charge is 2.18. The lowest BCUT2D eigenvalue weighted by Gasteiger charge is -1.93. The van der Waals surface area contributed by atoms with Gasteiger partial charge in [-0.2, -0.15) is 0 Å². The van der Waals surface area contributed by atoms with Crippen LogP contribution in [0.3, 0.4) is 0 Å². The highest BCUT2D eigenvalue weighted by molar-refractivity contribution is 6.03. The van der Waals surface area contributed by atoms with Crippen molar-refractivity contribution in [1.82, 2.24) is 0 Å². The van der Waals surface area contributed by atoms with E-state index in [0.717, 1.165) is 0 Å². The van der Waals surface area contributed by atoms with Crippen LogP contribution in [0, 0.1) is 0 Å². The van der Waals surface area contributed by atoms with E-state index in [-0.39, 0.29) is 23.5 Å². The molecule has 0 aliphatic rings. The molecule has 0 unspecified atom stereocenters. The Balaban J connectivity index is 3.07. The molecule has 4 heteroatoms. The highest BCUT2D eigenvalue weighted by atomic mass is 16.4. The first-order valence-electron chi connectivity index (χ1n) is 3.50. The Morgan fingerprint density at radius 3 is 2.75 bits per heavy atom. The van der Waals surface area contributed by atoms with Crippen LogP contribution < -0.4 is 0 Å². The van der Waals surface area contributed by atoms with E-state index in [4.69, 9.17) is 9.52 Å². The molecule has 1 heterocycles. The molecule has 0 saturated heterocycles. The number of rotatable bonds is 3. The first kappa shape index (κ1) is 8.52. The van der Waals surface area contributed by atoms with E-state index in [9.17, 15) is 9.59 Å². The maximum atomic E-state index is 11.0. The van der Waals surface area contributed by atoms with Crippen LogP contribution in [0.4, 0.5) is 0 Å². The standard InChI is InChI=1S/C8H8O4/c1-2-6(9)7-5(8(10)11)3-4-12-7/h3-4H,2H2,1H3,(H,10,11). The molecule has 0 aliphatic heterocycles. The van der Waals surface area contributed by atoms with Crippen molar-refractivity contribution < 1.29 is 19.1 Å². The third-order valence-electron chi connectivity index (χ3n) is 1.47. The zero-order valence-corrected chi connectivity index (χ0v) is 6.53. The maximum absolute atomic E-state index is 11.0. The van der Waals surface area contributed by atoms with Gasteiger partial charge < -0.3 is 9.52 Å². The molecule has 0 spiro atoms. The summed E-state index contributed by atoms with van der Waals surface area (Å²) in [5.74, 6) is -1.50. The van der Waals surface area contributed by atoms with Crippen LogP contribution in [0.15, 0.2) is 16.7 Å². The SMILES string of the molecule is CCC(=O)c1occc1C(=O)O. The summed E-state index contributed by atoms with van der Waals surface area (Å²) in [6, 6.07) is 1.27. The molecule has 1 aromatic rings. The minimum Gasteiger partial charge on any atom is -0.478 e. The Kier molecular flexibility index (Phi) is 2.28. The van der Waals surface area contributed by atoms with Crippen LogP contribution in [0.25, 0.3) is 0 Å². The molecule has 1 N–H and O–H groups in total. The first-order chi connectivity index (χ1) is 5.66. The average molecular weight is 168 g/mol. The highest BCUT2D eigenvalue weighted by Crippen LogP contribution is 2.12. The van der Waals surface area contributed by atoms with E-state index in [1.165, 1.54) is 12.3 Å². The smallest absolute Gasteiger partial charge is 0.339 e. The van der Waals surface area contributed by atoms with E-state index < -0.39 is 5.97 Å². The van der Waals surface area contributed by atoms with Gasteiger partial charge in [-0.05, 0) is 6.07 Å². The topological polar surface area (TPSA) is 67.5 Å². The molecule has 0 aromatic carbocycles. The molecular weight excluding hydrogens is 160 g/mol. The number of carboxylic acid groups (broad SMARTS) is 1. The van der Waals surface area contributed by atoms with Crippen molar-refractivity contribution in [2.75, 3.05) is 0 Å². The summed E-state index contributed by atoms with van der Waals surface area (Å²) in [7, 11) is 0. The first-order valence-corrected chi connectivity index (χ1v) is 3.50. The predicted molar refractivity (Wildman–Crippen MR) is 40.3 cm³/mol. The van der Waals surface area contributed by atoms with E-state index in [0.29, 0.717) is 0 Å². The van der Waals surface area contributed by atoms with Crippen molar-refractivity contribution in [3.8, 4) is 0 Å². The van der Waals surface area contributed by atoms with Crippen molar-refractivity contribution in [2.24, 2.45) is 0 Å². The lowest BCUT2D eigenvalue weighted by Crippen LogP contribution is -2.04. The minimum absolute atomic E-state index is 0.0648. The molecule has 1 aromatic heterocycles.